The van der Waals surface area contributed by atoms with Gasteiger partial charge in [0, 0.05) is 12.1 Å². The first-order valence-corrected chi connectivity index (χ1v) is 8.02. The fourth-order valence-electron chi connectivity index (χ4n) is 2.93. The van der Waals surface area contributed by atoms with Crippen molar-refractivity contribution >= 4 is 5.91 Å². The number of rotatable bonds is 5. The van der Waals surface area contributed by atoms with Crippen LogP contribution in [0, 0.1) is 11.7 Å². The third-order valence-corrected chi connectivity index (χ3v) is 4.59. The molecule has 1 fully saturated rings. The average molecular weight is 312 g/mol. The van der Waals surface area contributed by atoms with Crippen molar-refractivity contribution in [3.8, 4) is 0 Å². The molecule has 2 aromatic carbocycles. The third-order valence-electron chi connectivity index (χ3n) is 4.59. The summed E-state index contributed by atoms with van der Waals surface area (Å²) in [6.45, 7) is 0.460. The number of halogens is 1. The van der Waals surface area contributed by atoms with Gasteiger partial charge in [-0.1, -0.05) is 30.7 Å². The second-order valence-electron chi connectivity index (χ2n) is 6.09. The van der Waals surface area contributed by atoms with Gasteiger partial charge in [0.2, 0.25) is 0 Å². The number of carbonyl (C=O) groups excluding carboxylic acids is 1. The molecule has 1 aliphatic carbocycles. The highest BCUT2D eigenvalue weighted by molar-refractivity contribution is 5.94. The molecule has 0 aromatic heterocycles. The molecular formula is C19H21FN2O. The Labute approximate surface area is 135 Å². The molecule has 0 heterocycles. The number of hydrogen-bond acceptors (Lipinski definition) is 2. The molecule has 120 valence electrons. The predicted octanol–water partition coefficient (Wildman–Crippen LogP) is 3.56. The molecule has 23 heavy (non-hydrogen) atoms. The van der Waals surface area contributed by atoms with Gasteiger partial charge in [0.1, 0.15) is 5.82 Å². The second kappa shape index (κ2) is 6.92. The summed E-state index contributed by atoms with van der Waals surface area (Å²) in [5.74, 6) is 0.0623. The van der Waals surface area contributed by atoms with E-state index < -0.39 is 0 Å². The van der Waals surface area contributed by atoms with E-state index >= 15 is 0 Å². The minimum Gasteiger partial charge on any atom is -0.345 e. The Bertz CT molecular complexity index is 663. The van der Waals surface area contributed by atoms with E-state index in [-0.39, 0.29) is 17.8 Å². The van der Waals surface area contributed by atoms with Gasteiger partial charge in [-0.15, -0.1) is 0 Å². The first-order chi connectivity index (χ1) is 11.2. The Hall–Kier alpha value is -2.20. The van der Waals surface area contributed by atoms with E-state index in [1.54, 1.807) is 24.3 Å². The minimum absolute atomic E-state index is 0.0639. The summed E-state index contributed by atoms with van der Waals surface area (Å²) in [6, 6.07) is 13.7. The van der Waals surface area contributed by atoms with Gasteiger partial charge in [-0.05, 0) is 54.2 Å². The first kappa shape index (κ1) is 15.7. The van der Waals surface area contributed by atoms with Crippen molar-refractivity contribution in [1.29, 1.82) is 0 Å². The molecule has 0 radical (unpaired) electrons. The summed E-state index contributed by atoms with van der Waals surface area (Å²) in [5, 5.41) is 3.12. The highest BCUT2D eigenvalue weighted by atomic mass is 19.1. The largest absolute Gasteiger partial charge is 0.345 e. The summed E-state index contributed by atoms with van der Waals surface area (Å²) in [7, 11) is 0. The van der Waals surface area contributed by atoms with Crippen LogP contribution in [0.25, 0.3) is 0 Å². The lowest BCUT2D eigenvalue weighted by Crippen LogP contribution is -2.36. The van der Waals surface area contributed by atoms with E-state index in [0.717, 1.165) is 24.0 Å². The fourth-order valence-corrected chi connectivity index (χ4v) is 2.93. The molecule has 3 nitrogen and oxygen atoms in total. The molecule has 1 atom stereocenters. The Morgan fingerprint density at radius 3 is 2.30 bits per heavy atom. The molecule has 2 aromatic rings. The minimum atomic E-state index is -0.259. The number of benzene rings is 2. The zero-order chi connectivity index (χ0) is 16.2. The Kier molecular flexibility index (Phi) is 4.72. The lowest BCUT2D eigenvalue weighted by molar-refractivity contribution is 0.0900. The number of amides is 1. The van der Waals surface area contributed by atoms with E-state index in [2.05, 4.69) is 5.32 Å². The summed E-state index contributed by atoms with van der Waals surface area (Å²) >= 11 is 0. The quantitative estimate of drug-likeness (QED) is 0.887. The highest BCUT2D eigenvalue weighted by Crippen LogP contribution is 2.37. The van der Waals surface area contributed by atoms with Crippen LogP contribution in [0.4, 0.5) is 4.39 Å². The van der Waals surface area contributed by atoms with Gasteiger partial charge in [0.25, 0.3) is 5.91 Å². The van der Waals surface area contributed by atoms with Crippen LogP contribution in [0.3, 0.4) is 0 Å². The molecule has 3 N–H and O–H groups in total. The van der Waals surface area contributed by atoms with E-state index in [1.807, 2.05) is 12.1 Å². The lowest BCUT2D eigenvalue weighted by Gasteiger charge is -2.34. The number of carbonyl (C=O) groups is 1. The molecule has 0 bridgehead atoms. The van der Waals surface area contributed by atoms with Crippen LogP contribution in [0.2, 0.25) is 0 Å². The van der Waals surface area contributed by atoms with E-state index in [1.165, 1.54) is 18.6 Å². The zero-order valence-electron chi connectivity index (χ0n) is 13.0. The zero-order valence-corrected chi connectivity index (χ0v) is 13.0. The summed E-state index contributed by atoms with van der Waals surface area (Å²) in [4.78, 5) is 12.5. The van der Waals surface area contributed by atoms with E-state index in [0.29, 0.717) is 18.0 Å². The van der Waals surface area contributed by atoms with Crippen molar-refractivity contribution in [3.05, 3.63) is 71.0 Å². The van der Waals surface area contributed by atoms with Crippen molar-refractivity contribution < 1.29 is 9.18 Å². The Balaban J connectivity index is 1.77. The van der Waals surface area contributed by atoms with Gasteiger partial charge in [-0.2, -0.15) is 0 Å². The van der Waals surface area contributed by atoms with Crippen molar-refractivity contribution in [1.82, 2.24) is 5.32 Å². The number of hydrogen-bond donors (Lipinski definition) is 2. The summed E-state index contributed by atoms with van der Waals surface area (Å²) in [6.07, 6.45) is 3.37. The fraction of sp³-hybridized carbons (Fsp3) is 0.316. The van der Waals surface area contributed by atoms with Crippen molar-refractivity contribution in [2.24, 2.45) is 11.7 Å². The van der Waals surface area contributed by atoms with E-state index in [4.69, 9.17) is 5.73 Å². The van der Waals surface area contributed by atoms with Gasteiger partial charge in [0.05, 0.1) is 6.04 Å². The molecule has 3 rings (SSSR count). The van der Waals surface area contributed by atoms with Crippen LogP contribution < -0.4 is 11.1 Å². The monoisotopic (exact) mass is 312 g/mol. The van der Waals surface area contributed by atoms with Gasteiger partial charge in [-0.25, -0.2) is 4.39 Å². The second-order valence-corrected chi connectivity index (χ2v) is 6.09. The van der Waals surface area contributed by atoms with Gasteiger partial charge < -0.3 is 11.1 Å². The predicted molar refractivity (Wildman–Crippen MR) is 88.3 cm³/mol. The number of nitrogens with two attached hydrogens (primary N) is 1. The van der Waals surface area contributed by atoms with Gasteiger partial charge in [0.15, 0.2) is 0 Å². The van der Waals surface area contributed by atoms with Crippen molar-refractivity contribution in [3.63, 3.8) is 0 Å². The SMILES string of the molecule is NCc1ccc(C(=O)NC(c2ccc(F)cc2)C2CCC2)cc1. The smallest absolute Gasteiger partial charge is 0.251 e. The normalized spacial score (nSPS) is 15.7. The van der Waals surface area contributed by atoms with Gasteiger partial charge in [-0.3, -0.25) is 4.79 Å². The topological polar surface area (TPSA) is 55.1 Å². The maximum Gasteiger partial charge on any atom is 0.251 e. The van der Waals surface area contributed by atoms with Crippen LogP contribution in [0.5, 0.6) is 0 Å². The molecule has 1 aliphatic rings. The average Bonchev–Trinajstić information content (AvgIpc) is 2.53. The molecule has 1 unspecified atom stereocenters. The lowest BCUT2D eigenvalue weighted by atomic mass is 9.77. The molecule has 1 amide bonds. The van der Waals surface area contributed by atoms with Crippen molar-refractivity contribution in [2.75, 3.05) is 0 Å². The van der Waals surface area contributed by atoms with E-state index in [9.17, 15) is 9.18 Å². The Morgan fingerprint density at radius 2 is 1.78 bits per heavy atom. The van der Waals surface area contributed by atoms with Crippen molar-refractivity contribution in [2.45, 2.75) is 31.8 Å². The van der Waals surface area contributed by atoms with Crippen LogP contribution in [-0.4, -0.2) is 5.91 Å². The molecule has 0 saturated heterocycles. The molecular weight excluding hydrogens is 291 g/mol. The standard InChI is InChI=1S/C19H21FN2O/c20-17-10-8-15(9-11-17)18(14-2-1-3-14)22-19(23)16-6-4-13(12-21)5-7-16/h4-11,14,18H,1-3,12,21H2,(H,22,23). The summed E-state index contributed by atoms with van der Waals surface area (Å²) < 4.78 is 13.1. The summed E-state index contributed by atoms with van der Waals surface area (Å²) in [5.41, 5.74) is 8.16. The van der Waals surface area contributed by atoms with Crippen LogP contribution in [0.1, 0.15) is 46.8 Å². The van der Waals surface area contributed by atoms with Crippen LogP contribution in [-0.2, 0) is 6.54 Å². The molecule has 0 aliphatic heterocycles. The first-order valence-electron chi connectivity index (χ1n) is 8.02. The highest BCUT2D eigenvalue weighted by Gasteiger charge is 2.30. The molecule has 1 saturated carbocycles. The Morgan fingerprint density at radius 1 is 1.13 bits per heavy atom. The van der Waals surface area contributed by atoms with Crippen LogP contribution in [0.15, 0.2) is 48.5 Å². The maximum atomic E-state index is 13.1. The van der Waals surface area contributed by atoms with Gasteiger partial charge >= 0.3 is 0 Å². The number of nitrogens with one attached hydrogen (secondary N) is 1. The van der Waals surface area contributed by atoms with Crippen LogP contribution >= 0.6 is 0 Å². The maximum absolute atomic E-state index is 13.1. The molecule has 4 heteroatoms. The molecule has 0 spiro atoms. The third kappa shape index (κ3) is 3.59.